The van der Waals surface area contributed by atoms with Crippen molar-refractivity contribution in [3.63, 3.8) is 0 Å². The molecule has 0 fully saturated rings. The molecule has 0 bridgehead atoms. The number of rotatable bonds is 9. The van der Waals surface area contributed by atoms with Gasteiger partial charge in [-0.2, -0.15) is 0 Å². The molecule has 0 aliphatic heterocycles. The molecule has 1 N–H and O–H groups in total. The number of benzene rings is 1. The summed E-state index contributed by atoms with van der Waals surface area (Å²) in [5.74, 6) is 0. The zero-order chi connectivity index (χ0) is 13.3. The number of para-hydroxylation sites is 1. The molecule has 0 radical (unpaired) electrons. The van der Waals surface area contributed by atoms with Crippen molar-refractivity contribution >= 4 is 14.5 Å². The van der Waals surface area contributed by atoms with Crippen LogP contribution >= 0.6 is 0 Å². The fraction of sp³-hybridized carbons (Fsp3) is 0.500. The van der Waals surface area contributed by atoms with E-state index in [1.54, 1.807) is 21.3 Å². The van der Waals surface area contributed by atoms with Crippen LogP contribution in [0, 0.1) is 0 Å². The van der Waals surface area contributed by atoms with Crippen molar-refractivity contribution in [1.82, 2.24) is 0 Å². The summed E-state index contributed by atoms with van der Waals surface area (Å²) in [6.45, 7) is 0.569. The van der Waals surface area contributed by atoms with E-state index in [0.717, 1.165) is 18.2 Å². The summed E-state index contributed by atoms with van der Waals surface area (Å²) in [7, 11) is 2.39. The fourth-order valence-electron chi connectivity index (χ4n) is 1.56. The highest BCUT2D eigenvalue weighted by Gasteiger charge is 2.36. The van der Waals surface area contributed by atoms with Crippen LogP contribution in [0.3, 0.4) is 0 Å². The number of hydrogen-bond donors (Lipinski definition) is 1. The third-order valence-corrected chi connectivity index (χ3v) is 5.46. The molecule has 1 aromatic carbocycles. The monoisotopic (exact) mass is 271 g/mol. The minimum absolute atomic E-state index is 0.569. The molecule has 0 spiro atoms. The number of hydrogen-bond acceptors (Lipinski definition) is 5. The van der Waals surface area contributed by atoms with Crippen LogP contribution in [0.2, 0.25) is 6.04 Å². The molecule has 6 heteroatoms. The maximum Gasteiger partial charge on any atom is 0.500 e. The van der Waals surface area contributed by atoms with Gasteiger partial charge in [-0.05, 0) is 18.6 Å². The van der Waals surface area contributed by atoms with Crippen molar-refractivity contribution in [2.45, 2.75) is 12.5 Å². The first-order valence-corrected chi connectivity index (χ1v) is 7.78. The predicted molar refractivity (Wildman–Crippen MR) is 72.2 cm³/mol. The van der Waals surface area contributed by atoms with E-state index in [1.807, 2.05) is 30.3 Å². The van der Waals surface area contributed by atoms with Crippen molar-refractivity contribution in [2.75, 3.05) is 33.4 Å². The van der Waals surface area contributed by atoms with E-state index in [0.29, 0.717) is 6.61 Å². The van der Waals surface area contributed by atoms with Gasteiger partial charge in [0, 0.05) is 27.4 Å². The molecule has 0 aliphatic rings. The van der Waals surface area contributed by atoms with Gasteiger partial charge >= 0.3 is 8.80 Å². The maximum atomic E-state index is 5.35. The van der Waals surface area contributed by atoms with Gasteiger partial charge in [0.2, 0.25) is 0 Å². The topological polar surface area (TPSA) is 49.0 Å². The van der Waals surface area contributed by atoms with Gasteiger partial charge in [0.05, 0.1) is 12.3 Å². The van der Waals surface area contributed by atoms with Gasteiger partial charge < -0.3 is 13.3 Å². The average Bonchev–Trinajstić information content (AvgIpc) is 2.45. The zero-order valence-electron chi connectivity index (χ0n) is 11.1. The molecule has 5 nitrogen and oxygen atoms in total. The standard InChI is InChI=1S/C12H21NO4Si/c1-14-18(15-2,16-3)11-7-10-17-13-12-8-5-4-6-9-12/h4-6,8-9,13H,7,10-11H2,1-3H3. The molecule has 0 atom stereocenters. The highest BCUT2D eigenvalue weighted by atomic mass is 28.4. The van der Waals surface area contributed by atoms with E-state index in [9.17, 15) is 0 Å². The summed E-state index contributed by atoms with van der Waals surface area (Å²) in [6, 6.07) is 10.5. The maximum absolute atomic E-state index is 5.35. The van der Waals surface area contributed by atoms with E-state index >= 15 is 0 Å². The second kappa shape index (κ2) is 8.23. The van der Waals surface area contributed by atoms with E-state index in [1.165, 1.54) is 0 Å². The van der Waals surface area contributed by atoms with E-state index in [4.69, 9.17) is 18.1 Å². The highest BCUT2D eigenvalue weighted by molar-refractivity contribution is 6.60. The van der Waals surface area contributed by atoms with Crippen molar-refractivity contribution in [2.24, 2.45) is 0 Å². The van der Waals surface area contributed by atoms with Gasteiger partial charge in [-0.1, -0.05) is 18.2 Å². The molecule has 0 saturated carbocycles. The SMILES string of the molecule is CO[Si](CCCONc1ccccc1)(OC)OC. The Morgan fingerprint density at radius 2 is 1.61 bits per heavy atom. The molecule has 0 aliphatic carbocycles. The van der Waals surface area contributed by atoms with Crippen LogP contribution in [0.15, 0.2) is 30.3 Å². The molecule has 18 heavy (non-hydrogen) atoms. The number of anilines is 1. The molecule has 0 saturated heterocycles. The largest absolute Gasteiger partial charge is 0.500 e. The predicted octanol–water partition coefficient (Wildman–Crippen LogP) is 2.30. The molecular weight excluding hydrogens is 250 g/mol. The van der Waals surface area contributed by atoms with Crippen LogP contribution in [0.25, 0.3) is 0 Å². The van der Waals surface area contributed by atoms with Gasteiger partial charge in [0.25, 0.3) is 0 Å². The Labute approximate surface area is 109 Å². The van der Waals surface area contributed by atoms with E-state index in [-0.39, 0.29) is 0 Å². The summed E-state index contributed by atoms with van der Waals surface area (Å²) < 4.78 is 16.0. The summed E-state index contributed by atoms with van der Waals surface area (Å²) in [6.07, 6.45) is 0.807. The first-order chi connectivity index (χ1) is 8.76. The second-order valence-electron chi connectivity index (χ2n) is 3.72. The lowest BCUT2D eigenvalue weighted by molar-refractivity contribution is 0.117. The first kappa shape index (κ1) is 15.1. The molecule has 1 rings (SSSR count). The highest BCUT2D eigenvalue weighted by Crippen LogP contribution is 2.15. The Bertz CT molecular complexity index is 311. The smallest absolute Gasteiger partial charge is 0.377 e. The molecular formula is C12H21NO4Si. The molecule has 0 aromatic heterocycles. The van der Waals surface area contributed by atoms with Gasteiger partial charge in [-0.3, -0.25) is 10.3 Å². The van der Waals surface area contributed by atoms with Crippen LogP contribution in [0.4, 0.5) is 5.69 Å². The Kier molecular flexibility index (Phi) is 6.92. The summed E-state index contributed by atoms with van der Waals surface area (Å²) in [5, 5.41) is 0. The normalized spacial score (nSPS) is 11.5. The summed E-state index contributed by atoms with van der Waals surface area (Å²) in [4.78, 5) is 5.35. The van der Waals surface area contributed by atoms with Crippen LogP contribution in [0.1, 0.15) is 6.42 Å². The minimum atomic E-state index is -2.45. The van der Waals surface area contributed by atoms with Crippen molar-refractivity contribution in [1.29, 1.82) is 0 Å². The second-order valence-corrected chi connectivity index (χ2v) is 6.81. The minimum Gasteiger partial charge on any atom is -0.377 e. The Hall–Kier alpha value is -0.923. The Morgan fingerprint density at radius 3 is 2.17 bits per heavy atom. The van der Waals surface area contributed by atoms with Crippen LogP contribution in [-0.2, 0) is 18.1 Å². The van der Waals surface area contributed by atoms with Gasteiger partial charge in [0.15, 0.2) is 0 Å². The van der Waals surface area contributed by atoms with Crippen molar-refractivity contribution in [3.05, 3.63) is 30.3 Å². The summed E-state index contributed by atoms with van der Waals surface area (Å²) in [5.41, 5.74) is 3.81. The third-order valence-electron chi connectivity index (χ3n) is 2.63. The lowest BCUT2D eigenvalue weighted by Gasteiger charge is -2.24. The molecule has 1 aromatic rings. The molecule has 0 amide bonds. The Morgan fingerprint density at radius 1 is 1.00 bits per heavy atom. The van der Waals surface area contributed by atoms with Crippen molar-refractivity contribution in [3.8, 4) is 0 Å². The molecule has 102 valence electrons. The Balaban J connectivity index is 2.18. The van der Waals surface area contributed by atoms with E-state index < -0.39 is 8.80 Å². The van der Waals surface area contributed by atoms with Gasteiger partial charge in [-0.15, -0.1) is 0 Å². The lowest BCUT2D eigenvalue weighted by Crippen LogP contribution is -2.42. The van der Waals surface area contributed by atoms with Gasteiger partial charge in [0.1, 0.15) is 0 Å². The zero-order valence-corrected chi connectivity index (χ0v) is 12.1. The van der Waals surface area contributed by atoms with Crippen LogP contribution < -0.4 is 5.48 Å². The molecule has 0 unspecified atom stereocenters. The summed E-state index contributed by atoms with van der Waals surface area (Å²) >= 11 is 0. The van der Waals surface area contributed by atoms with Crippen LogP contribution in [-0.4, -0.2) is 36.7 Å². The van der Waals surface area contributed by atoms with Crippen LogP contribution in [0.5, 0.6) is 0 Å². The quantitative estimate of drug-likeness (QED) is 0.424. The molecule has 0 heterocycles. The first-order valence-electron chi connectivity index (χ1n) is 5.84. The lowest BCUT2D eigenvalue weighted by atomic mass is 10.3. The van der Waals surface area contributed by atoms with E-state index in [2.05, 4.69) is 5.48 Å². The average molecular weight is 271 g/mol. The fourth-order valence-corrected chi connectivity index (χ4v) is 3.25. The van der Waals surface area contributed by atoms with Gasteiger partial charge in [-0.25, -0.2) is 0 Å². The number of nitrogens with one attached hydrogen (secondary N) is 1. The third kappa shape index (κ3) is 4.75. The van der Waals surface area contributed by atoms with Crippen molar-refractivity contribution < 1.29 is 18.1 Å².